The van der Waals surface area contributed by atoms with Crippen LogP contribution in [0.15, 0.2) is 12.3 Å². The van der Waals surface area contributed by atoms with Crippen molar-refractivity contribution in [3.8, 4) is 5.75 Å². The highest BCUT2D eigenvalue weighted by Crippen LogP contribution is 2.42. The monoisotopic (exact) mass is 387 g/mol. The molecule has 0 spiro atoms. The summed E-state index contributed by atoms with van der Waals surface area (Å²) in [6.45, 7) is 12.6. The van der Waals surface area contributed by atoms with Gasteiger partial charge in [0.05, 0.1) is 23.5 Å². The fraction of sp³-hybridized carbons (Fsp3) is 0.739. The Kier molecular flexibility index (Phi) is 6.64. The van der Waals surface area contributed by atoms with Gasteiger partial charge in [-0.05, 0) is 38.5 Å². The number of rotatable bonds is 8. The van der Waals surface area contributed by atoms with Crippen LogP contribution in [-0.4, -0.2) is 35.6 Å². The SMILES string of the molecule is CCc1ncc(OC(=O)C(C)CC)cc1N1CCNC(CC)(CC2CC2)C1C. The van der Waals surface area contributed by atoms with Crippen molar-refractivity contribution in [3.05, 3.63) is 18.0 Å². The first-order valence-corrected chi connectivity index (χ1v) is 11.2. The molecule has 1 N–H and O–H groups in total. The third kappa shape index (κ3) is 4.35. The molecule has 1 aliphatic heterocycles. The van der Waals surface area contributed by atoms with Gasteiger partial charge in [0.2, 0.25) is 0 Å². The number of aromatic nitrogens is 1. The van der Waals surface area contributed by atoms with Crippen molar-refractivity contribution in [1.82, 2.24) is 10.3 Å². The first-order chi connectivity index (χ1) is 13.4. The maximum atomic E-state index is 12.3. The second-order valence-corrected chi connectivity index (χ2v) is 8.67. The molecule has 5 heteroatoms. The Morgan fingerprint density at radius 3 is 2.75 bits per heavy atom. The number of hydrogen-bond donors (Lipinski definition) is 1. The highest BCUT2D eigenvalue weighted by Gasteiger charge is 2.44. The van der Waals surface area contributed by atoms with Crippen LogP contribution < -0.4 is 15.0 Å². The minimum absolute atomic E-state index is 0.0984. The van der Waals surface area contributed by atoms with Gasteiger partial charge in [0.15, 0.2) is 5.75 Å². The first kappa shape index (κ1) is 21.1. The number of carbonyl (C=O) groups excluding carboxylic acids is 1. The highest BCUT2D eigenvalue weighted by molar-refractivity contribution is 5.75. The van der Waals surface area contributed by atoms with Gasteiger partial charge >= 0.3 is 5.97 Å². The lowest BCUT2D eigenvalue weighted by atomic mass is 9.80. The number of aryl methyl sites for hydroxylation is 1. The number of esters is 1. The summed E-state index contributed by atoms with van der Waals surface area (Å²) in [5.41, 5.74) is 2.35. The molecule has 1 saturated heterocycles. The topological polar surface area (TPSA) is 54.5 Å². The van der Waals surface area contributed by atoms with Crippen LogP contribution in [0, 0.1) is 11.8 Å². The van der Waals surface area contributed by atoms with Gasteiger partial charge < -0.3 is 15.0 Å². The maximum Gasteiger partial charge on any atom is 0.314 e. The maximum absolute atomic E-state index is 12.3. The van der Waals surface area contributed by atoms with E-state index in [1.54, 1.807) is 6.20 Å². The molecule has 2 aliphatic rings. The number of nitrogens with zero attached hydrogens (tertiary/aromatic N) is 2. The predicted octanol–water partition coefficient (Wildman–Crippen LogP) is 4.34. The van der Waals surface area contributed by atoms with E-state index in [0.717, 1.165) is 49.7 Å². The van der Waals surface area contributed by atoms with Crippen molar-refractivity contribution < 1.29 is 9.53 Å². The van der Waals surface area contributed by atoms with Crippen molar-refractivity contribution >= 4 is 11.7 Å². The lowest BCUT2D eigenvalue weighted by Gasteiger charge is -2.51. The third-order valence-corrected chi connectivity index (χ3v) is 6.88. The number of anilines is 1. The van der Waals surface area contributed by atoms with Crippen LogP contribution >= 0.6 is 0 Å². The van der Waals surface area contributed by atoms with Crippen LogP contribution in [0.3, 0.4) is 0 Å². The molecular formula is C23H37N3O2. The Bertz CT molecular complexity index is 688. The molecule has 3 atom stereocenters. The van der Waals surface area contributed by atoms with Gasteiger partial charge in [0.25, 0.3) is 0 Å². The number of pyridine rings is 1. The zero-order valence-electron chi connectivity index (χ0n) is 18.3. The minimum atomic E-state index is -0.176. The first-order valence-electron chi connectivity index (χ1n) is 11.2. The van der Waals surface area contributed by atoms with E-state index in [-0.39, 0.29) is 17.4 Å². The lowest BCUT2D eigenvalue weighted by molar-refractivity contribution is -0.138. The van der Waals surface area contributed by atoms with E-state index in [4.69, 9.17) is 4.74 Å². The Morgan fingerprint density at radius 2 is 2.14 bits per heavy atom. The number of hydrogen-bond acceptors (Lipinski definition) is 5. The lowest BCUT2D eigenvalue weighted by Crippen LogP contribution is -2.66. The normalized spacial score (nSPS) is 26.2. The van der Waals surface area contributed by atoms with E-state index in [0.29, 0.717) is 11.8 Å². The summed E-state index contributed by atoms with van der Waals surface area (Å²) in [4.78, 5) is 19.4. The molecule has 5 nitrogen and oxygen atoms in total. The molecule has 156 valence electrons. The van der Waals surface area contributed by atoms with E-state index in [1.165, 1.54) is 19.3 Å². The smallest absolute Gasteiger partial charge is 0.314 e. The van der Waals surface area contributed by atoms with Crippen LogP contribution in [-0.2, 0) is 11.2 Å². The molecule has 3 rings (SSSR count). The molecule has 0 bridgehead atoms. The molecule has 1 saturated carbocycles. The average molecular weight is 388 g/mol. The summed E-state index contributed by atoms with van der Waals surface area (Å²) in [6.07, 6.45) is 8.47. The molecule has 28 heavy (non-hydrogen) atoms. The van der Waals surface area contributed by atoms with Gasteiger partial charge in [0, 0.05) is 30.7 Å². The highest BCUT2D eigenvalue weighted by atomic mass is 16.5. The largest absolute Gasteiger partial charge is 0.425 e. The number of carbonyl (C=O) groups is 1. The van der Waals surface area contributed by atoms with Gasteiger partial charge in [-0.15, -0.1) is 0 Å². The van der Waals surface area contributed by atoms with E-state index in [9.17, 15) is 4.79 Å². The zero-order valence-corrected chi connectivity index (χ0v) is 18.3. The summed E-state index contributed by atoms with van der Waals surface area (Å²) in [7, 11) is 0. The second kappa shape index (κ2) is 8.81. The molecule has 2 fully saturated rings. The Hall–Kier alpha value is -1.62. The fourth-order valence-electron chi connectivity index (χ4n) is 4.46. The van der Waals surface area contributed by atoms with Crippen LogP contribution in [0.4, 0.5) is 5.69 Å². The van der Waals surface area contributed by atoms with Gasteiger partial charge in [-0.2, -0.15) is 0 Å². The van der Waals surface area contributed by atoms with Crippen molar-refractivity contribution in [3.63, 3.8) is 0 Å². The van der Waals surface area contributed by atoms with Crippen molar-refractivity contribution in [1.29, 1.82) is 0 Å². The Morgan fingerprint density at radius 1 is 1.39 bits per heavy atom. The van der Waals surface area contributed by atoms with Crippen LogP contribution in [0.25, 0.3) is 0 Å². The molecule has 0 aromatic carbocycles. The van der Waals surface area contributed by atoms with E-state index in [1.807, 2.05) is 19.9 Å². The third-order valence-electron chi connectivity index (χ3n) is 6.88. The Balaban J connectivity index is 1.87. The standard InChI is InChI=1S/C23H37N3O2/c1-6-16(4)22(27)28-19-13-21(20(7-2)24-15-19)26-12-11-25-23(8-3,17(26)5)14-18-9-10-18/h13,15-18,25H,6-12,14H2,1-5H3. The molecule has 0 amide bonds. The number of ether oxygens (including phenoxy) is 1. The van der Waals surface area contributed by atoms with Crippen molar-refractivity contribution in [2.24, 2.45) is 11.8 Å². The average Bonchev–Trinajstić information content (AvgIpc) is 3.52. The molecular weight excluding hydrogens is 350 g/mol. The summed E-state index contributed by atoms with van der Waals surface area (Å²) in [6, 6.07) is 2.41. The van der Waals surface area contributed by atoms with Crippen molar-refractivity contribution in [2.75, 3.05) is 18.0 Å². The van der Waals surface area contributed by atoms with Crippen LogP contribution in [0.5, 0.6) is 5.75 Å². The van der Waals surface area contributed by atoms with Crippen LogP contribution in [0.2, 0.25) is 0 Å². The molecule has 1 aromatic heterocycles. The van der Waals surface area contributed by atoms with Crippen molar-refractivity contribution in [2.45, 2.75) is 84.7 Å². The second-order valence-electron chi connectivity index (χ2n) is 8.67. The number of piperazine rings is 1. The number of nitrogens with one attached hydrogen (secondary N) is 1. The Labute approximate surface area is 170 Å². The summed E-state index contributed by atoms with van der Waals surface area (Å²) in [5, 5.41) is 3.86. The van der Waals surface area contributed by atoms with E-state index >= 15 is 0 Å². The minimum Gasteiger partial charge on any atom is -0.425 e. The van der Waals surface area contributed by atoms with Gasteiger partial charge in [-0.3, -0.25) is 9.78 Å². The van der Waals surface area contributed by atoms with E-state index < -0.39 is 0 Å². The van der Waals surface area contributed by atoms with Crippen LogP contribution in [0.1, 0.15) is 72.4 Å². The summed E-state index contributed by atoms with van der Waals surface area (Å²) in [5.74, 6) is 1.16. The summed E-state index contributed by atoms with van der Waals surface area (Å²) >= 11 is 0. The molecule has 1 aliphatic carbocycles. The van der Waals surface area contributed by atoms with Gasteiger partial charge in [0.1, 0.15) is 0 Å². The molecule has 0 radical (unpaired) electrons. The quantitative estimate of drug-likeness (QED) is 0.673. The fourth-order valence-corrected chi connectivity index (χ4v) is 4.46. The van der Waals surface area contributed by atoms with Gasteiger partial charge in [-0.25, -0.2) is 0 Å². The van der Waals surface area contributed by atoms with Gasteiger partial charge in [-0.1, -0.05) is 40.5 Å². The van der Waals surface area contributed by atoms with E-state index in [2.05, 4.69) is 36.0 Å². The molecule has 1 aromatic rings. The summed E-state index contributed by atoms with van der Waals surface area (Å²) < 4.78 is 5.64. The molecule has 3 unspecified atom stereocenters. The zero-order chi connectivity index (χ0) is 20.3. The molecule has 2 heterocycles. The predicted molar refractivity (Wildman–Crippen MR) is 114 cm³/mol.